The standard InChI is InChI=1S/C22H21NO3/c1-25-19-9-3-2-7-16(19)18-13-15-12-14-6-4-10-23-11-5-8-17(20(14)23)21(15)26-22(18)24/h2-3,7,9,12-13H,4-6,8,10-11H2,1H3. The molecule has 132 valence electrons. The molecule has 0 fully saturated rings. The van der Waals surface area contributed by atoms with Crippen molar-refractivity contribution in [2.45, 2.75) is 25.7 Å². The third-order valence-electron chi connectivity index (χ3n) is 5.61. The molecule has 0 atom stereocenters. The van der Waals surface area contributed by atoms with Gasteiger partial charge in [-0.15, -0.1) is 0 Å². The highest BCUT2D eigenvalue weighted by Gasteiger charge is 2.27. The van der Waals surface area contributed by atoms with Gasteiger partial charge in [0.15, 0.2) is 0 Å². The summed E-state index contributed by atoms with van der Waals surface area (Å²) in [5.41, 5.74) is 5.72. The lowest BCUT2D eigenvalue weighted by molar-refractivity contribution is 0.416. The molecule has 0 unspecified atom stereocenters. The number of hydrogen-bond donors (Lipinski definition) is 0. The van der Waals surface area contributed by atoms with Crippen molar-refractivity contribution in [1.82, 2.24) is 0 Å². The second-order valence-electron chi connectivity index (χ2n) is 7.12. The lowest BCUT2D eigenvalue weighted by Crippen LogP contribution is -2.34. The Kier molecular flexibility index (Phi) is 3.52. The van der Waals surface area contributed by atoms with Crippen LogP contribution in [-0.2, 0) is 12.8 Å². The Morgan fingerprint density at radius 1 is 1.04 bits per heavy atom. The van der Waals surface area contributed by atoms with Crippen LogP contribution in [0.5, 0.6) is 5.75 Å². The molecule has 3 aromatic rings. The highest BCUT2D eigenvalue weighted by Crippen LogP contribution is 2.40. The van der Waals surface area contributed by atoms with E-state index in [-0.39, 0.29) is 5.63 Å². The van der Waals surface area contributed by atoms with Crippen LogP contribution in [0.3, 0.4) is 0 Å². The van der Waals surface area contributed by atoms with Gasteiger partial charge in [0.2, 0.25) is 0 Å². The summed E-state index contributed by atoms with van der Waals surface area (Å²) in [5.74, 6) is 0.685. The van der Waals surface area contributed by atoms with E-state index in [1.807, 2.05) is 30.3 Å². The molecule has 0 bridgehead atoms. The molecule has 0 amide bonds. The predicted octanol–water partition coefficient (Wildman–Crippen LogP) is 4.17. The smallest absolute Gasteiger partial charge is 0.344 e. The first-order valence-corrected chi connectivity index (χ1v) is 9.27. The number of hydrogen-bond acceptors (Lipinski definition) is 4. The van der Waals surface area contributed by atoms with Crippen LogP contribution in [0.15, 0.2) is 45.6 Å². The Balaban J connectivity index is 1.79. The first-order chi connectivity index (χ1) is 12.8. The largest absolute Gasteiger partial charge is 0.496 e. The fourth-order valence-corrected chi connectivity index (χ4v) is 4.50. The number of para-hydroxylation sites is 1. The molecule has 3 heterocycles. The van der Waals surface area contributed by atoms with Crippen LogP contribution < -0.4 is 15.3 Å². The quantitative estimate of drug-likeness (QED) is 0.653. The molecular formula is C22H21NO3. The van der Waals surface area contributed by atoms with Crippen molar-refractivity contribution in [3.63, 3.8) is 0 Å². The van der Waals surface area contributed by atoms with Gasteiger partial charge in [-0.2, -0.15) is 0 Å². The van der Waals surface area contributed by atoms with Crippen LogP contribution >= 0.6 is 0 Å². The minimum Gasteiger partial charge on any atom is -0.496 e. The zero-order valence-electron chi connectivity index (χ0n) is 14.9. The Bertz CT molecular complexity index is 1060. The zero-order valence-corrected chi connectivity index (χ0v) is 14.9. The van der Waals surface area contributed by atoms with Gasteiger partial charge in [0, 0.05) is 35.3 Å². The van der Waals surface area contributed by atoms with Gasteiger partial charge in [-0.3, -0.25) is 0 Å². The molecule has 2 aromatic carbocycles. The number of nitrogens with zero attached hydrogens (tertiary/aromatic N) is 1. The number of rotatable bonds is 2. The Morgan fingerprint density at radius 3 is 2.69 bits per heavy atom. The van der Waals surface area contributed by atoms with Gasteiger partial charge in [-0.25, -0.2) is 4.79 Å². The van der Waals surface area contributed by atoms with Crippen LogP contribution in [0.2, 0.25) is 0 Å². The normalized spacial score (nSPS) is 15.8. The van der Waals surface area contributed by atoms with E-state index in [0.717, 1.165) is 48.9 Å². The molecule has 5 rings (SSSR count). The van der Waals surface area contributed by atoms with Crippen LogP contribution in [0, 0.1) is 0 Å². The van der Waals surface area contributed by atoms with Gasteiger partial charge in [0.25, 0.3) is 0 Å². The van der Waals surface area contributed by atoms with E-state index >= 15 is 0 Å². The summed E-state index contributed by atoms with van der Waals surface area (Å²) >= 11 is 0. The molecule has 0 saturated carbocycles. The Labute approximate surface area is 152 Å². The number of aryl methyl sites for hydroxylation is 2. The second-order valence-corrected chi connectivity index (χ2v) is 7.12. The summed E-state index contributed by atoms with van der Waals surface area (Å²) < 4.78 is 11.3. The number of benzene rings is 2. The van der Waals surface area contributed by atoms with Gasteiger partial charge in [0.05, 0.1) is 12.7 Å². The van der Waals surface area contributed by atoms with Crippen LogP contribution in [0.4, 0.5) is 5.69 Å². The Morgan fingerprint density at radius 2 is 1.85 bits per heavy atom. The molecular weight excluding hydrogens is 326 g/mol. The molecule has 0 radical (unpaired) electrons. The van der Waals surface area contributed by atoms with E-state index < -0.39 is 0 Å². The monoisotopic (exact) mass is 347 g/mol. The van der Waals surface area contributed by atoms with Crippen molar-refractivity contribution in [2.24, 2.45) is 0 Å². The van der Waals surface area contributed by atoms with Crippen molar-refractivity contribution in [3.8, 4) is 16.9 Å². The van der Waals surface area contributed by atoms with E-state index in [2.05, 4.69) is 11.0 Å². The SMILES string of the molecule is COc1ccccc1-c1cc2cc3c4c(c2oc1=O)CCCN4CCC3. The van der Waals surface area contributed by atoms with Crippen LogP contribution in [-0.4, -0.2) is 20.2 Å². The van der Waals surface area contributed by atoms with Gasteiger partial charge < -0.3 is 14.1 Å². The molecule has 0 N–H and O–H groups in total. The van der Waals surface area contributed by atoms with E-state index in [0.29, 0.717) is 11.3 Å². The summed E-state index contributed by atoms with van der Waals surface area (Å²) in [6.45, 7) is 2.21. The second kappa shape index (κ2) is 5.90. The molecule has 4 heteroatoms. The molecule has 2 aliphatic rings. The van der Waals surface area contributed by atoms with E-state index in [1.54, 1.807) is 7.11 Å². The molecule has 1 aromatic heterocycles. The minimum atomic E-state index is -0.300. The third-order valence-corrected chi connectivity index (χ3v) is 5.61. The Hall–Kier alpha value is -2.75. The van der Waals surface area contributed by atoms with E-state index in [1.165, 1.54) is 23.2 Å². The average molecular weight is 347 g/mol. The van der Waals surface area contributed by atoms with Gasteiger partial charge in [-0.1, -0.05) is 18.2 Å². The number of methoxy groups -OCH3 is 1. The van der Waals surface area contributed by atoms with Crippen molar-refractivity contribution in [2.75, 3.05) is 25.1 Å². The van der Waals surface area contributed by atoms with Crippen molar-refractivity contribution in [1.29, 1.82) is 0 Å². The van der Waals surface area contributed by atoms with Crippen LogP contribution in [0.1, 0.15) is 24.0 Å². The van der Waals surface area contributed by atoms with E-state index in [9.17, 15) is 4.79 Å². The molecule has 0 aliphatic carbocycles. The van der Waals surface area contributed by atoms with Gasteiger partial charge in [0.1, 0.15) is 11.3 Å². The fourth-order valence-electron chi connectivity index (χ4n) is 4.50. The van der Waals surface area contributed by atoms with Crippen molar-refractivity contribution in [3.05, 3.63) is 57.9 Å². The molecule has 4 nitrogen and oxygen atoms in total. The van der Waals surface area contributed by atoms with Gasteiger partial charge >= 0.3 is 5.63 Å². The summed E-state index contributed by atoms with van der Waals surface area (Å²) in [4.78, 5) is 15.3. The maximum atomic E-state index is 12.8. The zero-order chi connectivity index (χ0) is 17.7. The number of fused-ring (bicyclic) bond motifs is 2. The lowest BCUT2D eigenvalue weighted by Gasteiger charge is -2.37. The van der Waals surface area contributed by atoms with Crippen LogP contribution in [0.25, 0.3) is 22.1 Å². The first-order valence-electron chi connectivity index (χ1n) is 9.27. The molecule has 26 heavy (non-hydrogen) atoms. The lowest BCUT2D eigenvalue weighted by atomic mass is 9.89. The molecule has 0 spiro atoms. The van der Waals surface area contributed by atoms with Crippen molar-refractivity contribution >= 4 is 16.7 Å². The minimum absolute atomic E-state index is 0.300. The highest BCUT2D eigenvalue weighted by atomic mass is 16.5. The summed E-state index contributed by atoms with van der Waals surface area (Å²) in [6.07, 6.45) is 4.38. The third kappa shape index (κ3) is 2.25. The maximum Gasteiger partial charge on any atom is 0.344 e. The highest BCUT2D eigenvalue weighted by molar-refractivity contribution is 5.91. The van der Waals surface area contributed by atoms with Gasteiger partial charge in [-0.05, 0) is 49.4 Å². The summed E-state index contributed by atoms with van der Waals surface area (Å²) in [6, 6.07) is 11.8. The number of ether oxygens (including phenoxy) is 1. The molecule has 2 aliphatic heterocycles. The summed E-state index contributed by atoms with van der Waals surface area (Å²) in [7, 11) is 1.62. The molecule has 0 saturated heterocycles. The predicted molar refractivity (Wildman–Crippen MR) is 103 cm³/mol. The summed E-state index contributed by atoms with van der Waals surface area (Å²) in [5, 5.41) is 1.02. The topological polar surface area (TPSA) is 42.7 Å². The van der Waals surface area contributed by atoms with Crippen molar-refractivity contribution < 1.29 is 9.15 Å². The van der Waals surface area contributed by atoms with E-state index in [4.69, 9.17) is 9.15 Å². The fraction of sp³-hybridized carbons (Fsp3) is 0.318. The average Bonchev–Trinajstić information content (AvgIpc) is 2.68. The number of anilines is 1. The first kappa shape index (κ1) is 15.5. The maximum absolute atomic E-state index is 12.8.